The second kappa shape index (κ2) is 6.79. The summed E-state index contributed by atoms with van der Waals surface area (Å²) in [7, 11) is 1.60. The van der Waals surface area contributed by atoms with Gasteiger partial charge in [-0.3, -0.25) is 4.79 Å². The number of benzene rings is 2. The van der Waals surface area contributed by atoms with E-state index in [2.05, 4.69) is 5.32 Å². The Hall–Kier alpha value is -2.49. The van der Waals surface area contributed by atoms with Gasteiger partial charge < -0.3 is 14.8 Å². The summed E-state index contributed by atoms with van der Waals surface area (Å²) in [6.07, 6.45) is -0.574. The van der Waals surface area contributed by atoms with E-state index in [1.54, 1.807) is 38.3 Å². The first-order valence-electron chi connectivity index (χ1n) is 6.77. The first-order valence-corrected chi connectivity index (χ1v) is 6.77. The Bertz CT molecular complexity index is 590. The number of hydrogen-bond acceptors (Lipinski definition) is 3. The van der Waals surface area contributed by atoms with Gasteiger partial charge >= 0.3 is 0 Å². The molecule has 0 radical (unpaired) electrons. The van der Waals surface area contributed by atoms with Crippen molar-refractivity contribution in [3.05, 3.63) is 54.1 Å². The number of methoxy groups -OCH3 is 1. The van der Waals surface area contributed by atoms with Gasteiger partial charge in [0.2, 0.25) is 0 Å². The molecule has 0 spiro atoms. The number of carbonyl (C=O) groups is 1. The molecule has 0 aliphatic carbocycles. The molecule has 0 fully saturated rings. The van der Waals surface area contributed by atoms with Crippen LogP contribution < -0.4 is 14.8 Å². The second-order valence-corrected chi connectivity index (χ2v) is 4.79. The topological polar surface area (TPSA) is 47.6 Å². The van der Waals surface area contributed by atoms with Crippen molar-refractivity contribution in [1.82, 2.24) is 0 Å². The number of anilines is 1. The van der Waals surface area contributed by atoms with E-state index in [1.165, 1.54) is 0 Å². The maximum absolute atomic E-state index is 12.1. The molecule has 2 aromatic rings. The van der Waals surface area contributed by atoms with Crippen LogP contribution in [0.5, 0.6) is 11.5 Å². The van der Waals surface area contributed by atoms with Gasteiger partial charge in [0, 0.05) is 5.69 Å². The Labute approximate surface area is 124 Å². The van der Waals surface area contributed by atoms with E-state index >= 15 is 0 Å². The molecule has 0 aromatic heterocycles. The lowest BCUT2D eigenvalue weighted by Crippen LogP contribution is -2.30. The van der Waals surface area contributed by atoms with E-state index in [0.717, 1.165) is 11.3 Å². The number of amides is 1. The minimum atomic E-state index is -0.574. The van der Waals surface area contributed by atoms with E-state index in [1.807, 2.05) is 31.2 Å². The number of ether oxygens (including phenoxy) is 2. The first kappa shape index (κ1) is 14.9. The number of carbonyl (C=O) groups excluding carboxylic acids is 1. The van der Waals surface area contributed by atoms with Gasteiger partial charge in [-0.2, -0.15) is 0 Å². The first-order chi connectivity index (χ1) is 10.1. The van der Waals surface area contributed by atoms with Crippen molar-refractivity contribution in [2.75, 3.05) is 12.4 Å². The van der Waals surface area contributed by atoms with Crippen molar-refractivity contribution in [3.8, 4) is 11.5 Å². The minimum Gasteiger partial charge on any atom is -0.497 e. The second-order valence-electron chi connectivity index (χ2n) is 4.79. The fourth-order valence-corrected chi connectivity index (χ4v) is 1.79. The molecule has 0 saturated carbocycles. The quantitative estimate of drug-likeness (QED) is 0.915. The molecule has 0 bridgehead atoms. The smallest absolute Gasteiger partial charge is 0.265 e. The average Bonchev–Trinajstić information content (AvgIpc) is 2.50. The van der Waals surface area contributed by atoms with E-state index in [4.69, 9.17) is 9.47 Å². The highest BCUT2D eigenvalue weighted by Gasteiger charge is 2.14. The molecule has 0 aliphatic heterocycles. The van der Waals surface area contributed by atoms with Crippen molar-refractivity contribution >= 4 is 11.6 Å². The van der Waals surface area contributed by atoms with Crippen LogP contribution in [0.1, 0.15) is 12.5 Å². The lowest BCUT2D eigenvalue weighted by Gasteiger charge is -2.15. The Morgan fingerprint density at radius 2 is 1.57 bits per heavy atom. The van der Waals surface area contributed by atoms with Gasteiger partial charge in [0.15, 0.2) is 6.10 Å². The highest BCUT2D eigenvalue weighted by molar-refractivity contribution is 5.94. The van der Waals surface area contributed by atoms with Crippen molar-refractivity contribution in [2.45, 2.75) is 20.0 Å². The molecular formula is C17H19NO3. The number of aryl methyl sites for hydroxylation is 1. The molecule has 21 heavy (non-hydrogen) atoms. The lowest BCUT2D eigenvalue weighted by atomic mass is 10.2. The largest absolute Gasteiger partial charge is 0.497 e. The molecule has 0 heterocycles. The van der Waals surface area contributed by atoms with Crippen LogP contribution in [0.4, 0.5) is 5.69 Å². The van der Waals surface area contributed by atoms with Crippen molar-refractivity contribution in [3.63, 3.8) is 0 Å². The van der Waals surface area contributed by atoms with Crippen LogP contribution in [0, 0.1) is 6.92 Å². The summed E-state index contributed by atoms with van der Waals surface area (Å²) in [5.74, 6) is 1.23. The van der Waals surface area contributed by atoms with Crippen molar-refractivity contribution < 1.29 is 14.3 Å². The molecule has 1 amide bonds. The van der Waals surface area contributed by atoms with Crippen LogP contribution in [0.2, 0.25) is 0 Å². The van der Waals surface area contributed by atoms with Gasteiger partial charge in [0.05, 0.1) is 7.11 Å². The molecule has 4 nitrogen and oxygen atoms in total. The van der Waals surface area contributed by atoms with Gasteiger partial charge in [-0.1, -0.05) is 17.7 Å². The standard InChI is InChI=1S/C17H19NO3/c1-12-4-8-16(9-5-12)21-13(2)17(19)18-14-6-10-15(20-3)11-7-14/h4-11,13H,1-3H3,(H,18,19)/t13-/m1/s1. The fraction of sp³-hybridized carbons (Fsp3) is 0.235. The Morgan fingerprint density at radius 3 is 2.14 bits per heavy atom. The normalized spacial score (nSPS) is 11.6. The van der Waals surface area contributed by atoms with Crippen molar-refractivity contribution in [2.24, 2.45) is 0 Å². The zero-order valence-corrected chi connectivity index (χ0v) is 12.4. The lowest BCUT2D eigenvalue weighted by molar-refractivity contribution is -0.122. The summed E-state index contributed by atoms with van der Waals surface area (Å²) in [4.78, 5) is 12.1. The average molecular weight is 285 g/mol. The van der Waals surface area contributed by atoms with E-state index in [9.17, 15) is 4.79 Å². The molecule has 4 heteroatoms. The SMILES string of the molecule is COc1ccc(NC(=O)[C@@H](C)Oc2ccc(C)cc2)cc1. The summed E-state index contributed by atoms with van der Waals surface area (Å²) in [5.41, 5.74) is 1.86. The molecular weight excluding hydrogens is 266 g/mol. The summed E-state index contributed by atoms with van der Waals surface area (Å²) in [6, 6.07) is 14.8. The number of rotatable bonds is 5. The van der Waals surface area contributed by atoms with Crippen LogP contribution >= 0.6 is 0 Å². The molecule has 0 aliphatic rings. The third kappa shape index (κ3) is 4.24. The Balaban J connectivity index is 1.93. The van der Waals surface area contributed by atoms with Crippen LogP contribution in [-0.2, 0) is 4.79 Å². The van der Waals surface area contributed by atoms with Gasteiger partial charge in [-0.15, -0.1) is 0 Å². The third-order valence-corrected chi connectivity index (χ3v) is 3.06. The van der Waals surface area contributed by atoms with Crippen LogP contribution in [0.15, 0.2) is 48.5 Å². The molecule has 0 unspecified atom stereocenters. The van der Waals surface area contributed by atoms with Gasteiger partial charge in [0.1, 0.15) is 11.5 Å². The van der Waals surface area contributed by atoms with Crippen molar-refractivity contribution in [1.29, 1.82) is 0 Å². The highest BCUT2D eigenvalue weighted by Crippen LogP contribution is 2.17. The zero-order chi connectivity index (χ0) is 15.2. The van der Waals surface area contributed by atoms with Crippen LogP contribution in [0.3, 0.4) is 0 Å². The van der Waals surface area contributed by atoms with E-state index in [0.29, 0.717) is 11.4 Å². The van der Waals surface area contributed by atoms with E-state index < -0.39 is 6.10 Å². The van der Waals surface area contributed by atoms with Crippen LogP contribution in [-0.4, -0.2) is 19.1 Å². The van der Waals surface area contributed by atoms with Crippen LogP contribution in [0.25, 0.3) is 0 Å². The Kier molecular flexibility index (Phi) is 4.82. The number of nitrogens with one attached hydrogen (secondary N) is 1. The van der Waals surface area contributed by atoms with Gasteiger partial charge in [-0.25, -0.2) is 0 Å². The number of hydrogen-bond donors (Lipinski definition) is 1. The molecule has 1 N–H and O–H groups in total. The fourth-order valence-electron chi connectivity index (χ4n) is 1.79. The highest BCUT2D eigenvalue weighted by atomic mass is 16.5. The molecule has 1 atom stereocenters. The predicted octanol–water partition coefficient (Wildman–Crippen LogP) is 3.41. The third-order valence-electron chi connectivity index (χ3n) is 3.06. The summed E-state index contributed by atoms with van der Waals surface area (Å²) < 4.78 is 10.7. The summed E-state index contributed by atoms with van der Waals surface area (Å²) in [6.45, 7) is 3.72. The van der Waals surface area contributed by atoms with Gasteiger partial charge in [0.25, 0.3) is 5.91 Å². The maximum atomic E-state index is 12.1. The van der Waals surface area contributed by atoms with Gasteiger partial charge in [-0.05, 0) is 50.2 Å². The Morgan fingerprint density at radius 1 is 1.00 bits per heavy atom. The summed E-state index contributed by atoms with van der Waals surface area (Å²) >= 11 is 0. The minimum absolute atomic E-state index is 0.194. The summed E-state index contributed by atoms with van der Waals surface area (Å²) in [5, 5.41) is 2.81. The molecule has 2 rings (SSSR count). The molecule has 110 valence electrons. The monoisotopic (exact) mass is 285 g/mol. The van der Waals surface area contributed by atoms with E-state index in [-0.39, 0.29) is 5.91 Å². The molecule has 2 aromatic carbocycles. The molecule has 0 saturated heterocycles. The predicted molar refractivity (Wildman–Crippen MR) is 82.9 cm³/mol. The maximum Gasteiger partial charge on any atom is 0.265 e. The zero-order valence-electron chi connectivity index (χ0n) is 12.4.